The van der Waals surface area contributed by atoms with E-state index >= 15 is 0 Å². The van der Waals surface area contributed by atoms with Gasteiger partial charge in [-0.2, -0.15) is 0 Å². The smallest absolute Gasteiger partial charge is 0.290 e. The molecule has 166 valence electrons. The zero-order valence-electron chi connectivity index (χ0n) is 17.4. The molecule has 4 atom stereocenters. The maximum absolute atomic E-state index is 12.5. The second-order valence-corrected chi connectivity index (χ2v) is 9.08. The van der Waals surface area contributed by atoms with E-state index in [1.165, 1.54) is 0 Å². The topological polar surface area (TPSA) is 127 Å². The van der Waals surface area contributed by atoms with Crippen molar-refractivity contribution in [1.29, 1.82) is 0 Å². The van der Waals surface area contributed by atoms with Gasteiger partial charge in [0.05, 0.1) is 24.4 Å². The van der Waals surface area contributed by atoms with Gasteiger partial charge in [0.2, 0.25) is 11.0 Å². The number of aryl methyl sites for hydroxylation is 1. The van der Waals surface area contributed by atoms with Crippen molar-refractivity contribution in [2.45, 2.75) is 31.5 Å². The fourth-order valence-electron chi connectivity index (χ4n) is 4.97. The van der Waals surface area contributed by atoms with E-state index in [-0.39, 0.29) is 24.1 Å². The molecule has 2 aromatic heterocycles. The molecule has 11 heteroatoms. The summed E-state index contributed by atoms with van der Waals surface area (Å²) in [5.74, 6) is 1.12. The van der Waals surface area contributed by atoms with E-state index in [4.69, 9.17) is 19.4 Å². The molecule has 3 fully saturated rings. The molecule has 1 amide bonds. The Bertz CT molecular complexity index is 938. The van der Waals surface area contributed by atoms with Gasteiger partial charge in [0.15, 0.2) is 0 Å². The first-order chi connectivity index (χ1) is 15.0. The van der Waals surface area contributed by atoms with Crippen LogP contribution < -0.4 is 15.0 Å². The Balaban J connectivity index is 0.000000730. The molecule has 5 heterocycles. The van der Waals surface area contributed by atoms with Crippen LogP contribution in [0.2, 0.25) is 0 Å². The van der Waals surface area contributed by atoms with Crippen molar-refractivity contribution >= 4 is 28.8 Å². The van der Waals surface area contributed by atoms with E-state index in [2.05, 4.69) is 25.4 Å². The summed E-state index contributed by atoms with van der Waals surface area (Å²) in [6, 6.07) is 3.43. The van der Waals surface area contributed by atoms with Crippen LogP contribution in [-0.2, 0) is 9.53 Å². The van der Waals surface area contributed by atoms with Crippen LogP contribution in [0.15, 0.2) is 18.3 Å². The molecule has 1 spiro atoms. The summed E-state index contributed by atoms with van der Waals surface area (Å²) in [5, 5.41) is 20.4. The Hall–Kier alpha value is -2.79. The molecule has 3 aliphatic heterocycles. The van der Waals surface area contributed by atoms with E-state index in [1.54, 1.807) is 36.8 Å². The summed E-state index contributed by atoms with van der Waals surface area (Å²) < 4.78 is 11.5. The number of methoxy groups -OCH3 is 1. The lowest BCUT2D eigenvalue weighted by atomic mass is 9.73. The van der Waals surface area contributed by atoms with Crippen molar-refractivity contribution in [3.05, 3.63) is 28.9 Å². The van der Waals surface area contributed by atoms with Gasteiger partial charge in [0.25, 0.3) is 12.4 Å². The highest BCUT2D eigenvalue weighted by Gasteiger charge is 2.63. The van der Waals surface area contributed by atoms with E-state index in [0.29, 0.717) is 29.8 Å². The van der Waals surface area contributed by atoms with Gasteiger partial charge in [-0.25, -0.2) is 4.98 Å². The number of amides is 1. The molecule has 5 rings (SSSR count). The molecular formula is C20H25N5O5S. The minimum absolute atomic E-state index is 0.0959. The van der Waals surface area contributed by atoms with Gasteiger partial charge in [-0.05, 0) is 25.8 Å². The van der Waals surface area contributed by atoms with Crippen LogP contribution in [0.5, 0.6) is 5.88 Å². The van der Waals surface area contributed by atoms with Crippen molar-refractivity contribution in [3.63, 3.8) is 0 Å². The molecule has 0 aromatic carbocycles. The minimum atomic E-state index is -0.250. The maximum Gasteiger partial charge on any atom is 0.290 e. The van der Waals surface area contributed by atoms with Gasteiger partial charge in [-0.1, -0.05) is 11.3 Å². The Kier molecular flexibility index (Phi) is 6.05. The third-order valence-corrected chi connectivity index (χ3v) is 7.18. The molecule has 0 aliphatic carbocycles. The number of carboxylic acid groups (broad SMARTS) is 1. The van der Waals surface area contributed by atoms with Gasteiger partial charge in [-0.15, -0.1) is 10.2 Å². The Morgan fingerprint density at radius 1 is 1.48 bits per heavy atom. The molecule has 2 bridgehead atoms. The molecule has 0 saturated carbocycles. The Morgan fingerprint density at radius 3 is 2.94 bits per heavy atom. The molecule has 0 unspecified atom stereocenters. The zero-order chi connectivity index (χ0) is 22.0. The van der Waals surface area contributed by atoms with E-state index in [1.807, 2.05) is 6.92 Å². The van der Waals surface area contributed by atoms with Crippen LogP contribution in [0.3, 0.4) is 0 Å². The molecular weight excluding hydrogens is 422 g/mol. The van der Waals surface area contributed by atoms with Crippen LogP contribution >= 0.6 is 11.3 Å². The number of rotatable bonds is 5. The van der Waals surface area contributed by atoms with Gasteiger partial charge in [-0.3, -0.25) is 9.59 Å². The van der Waals surface area contributed by atoms with Crippen molar-refractivity contribution in [3.8, 4) is 5.88 Å². The summed E-state index contributed by atoms with van der Waals surface area (Å²) in [7, 11) is 1.56. The summed E-state index contributed by atoms with van der Waals surface area (Å²) in [6.45, 7) is 4.13. The highest BCUT2D eigenvalue weighted by molar-refractivity contribution is 7.15. The number of ether oxygens (including phenoxy) is 2. The van der Waals surface area contributed by atoms with Crippen molar-refractivity contribution in [1.82, 2.24) is 20.5 Å². The Morgan fingerprint density at radius 2 is 2.29 bits per heavy atom. The highest BCUT2D eigenvalue weighted by atomic mass is 32.1. The SMILES string of the molecule is COc1ccc(C(=O)NC[C@H]2[C@H]3CN(c4nnc(C)s4)C[C@]34CC[C@H]2O4)cn1.O=CO. The van der Waals surface area contributed by atoms with Crippen molar-refractivity contribution in [2.24, 2.45) is 11.8 Å². The van der Waals surface area contributed by atoms with Gasteiger partial charge < -0.3 is 24.8 Å². The average Bonchev–Trinajstić information content (AvgIpc) is 3.53. The number of pyridine rings is 1. The molecule has 2 N–H and O–H groups in total. The first kappa shape index (κ1) is 21.4. The lowest BCUT2D eigenvalue weighted by Gasteiger charge is -2.29. The molecule has 3 saturated heterocycles. The van der Waals surface area contributed by atoms with Crippen LogP contribution in [0.1, 0.15) is 28.2 Å². The lowest BCUT2D eigenvalue weighted by Crippen LogP contribution is -2.41. The maximum atomic E-state index is 12.5. The highest BCUT2D eigenvalue weighted by Crippen LogP contribution is 2.55. The number of fused-ring (bicyclic) bond motifs is 1. The van der Waals surface area contributed by atoms with E-state index in [9.17, 15) is 4.79 Å². The third-order valence-electron chi connectivity index (χ3n) is 6.28. The van der Waals surface area contributed by atoms with Crippen LogP contribution in [0, 0.1) is 18.8 Å². The number of aromatic nitrogens is 3. The number of nitrogens with one attached hydrogen (secondary N) is 1. The van der Waals surface area contributed by atoms with Crippen molar-refractivity contribution in [2.75, 3.05) is 31.6 Å². The van der Waals surface area contributed by atoms with Gasteiger partial charge in [0, 0.05) is 43.7 Å². The standard InChI is InChI=1S/C19H23N5O3S.CH2O2/c1-11-22-23-18(28-11)24-9-14-13(15-5-6-19(14,10-24)27-15)8-21-17(25)12-3-4-16(26-2)20-7-12;2-1-3/h3-4,7,13-15H,5-6,8-10H2,1-2H3,(H,21,25);1H,(H,2,3)/t13-,14+,15+,19+;/m0./s1. The molecule has 31 heavy (non-hydrogen) atoms. The van der Waals surface area contributed by atoms with E-state index in [0.717, 1.165) is 36.1 Å². The monoisotopic (exact) mass is 447 g/mol. The largest absolute Gasteiger partial charge is 0.483 e. The summed E-state index contributed by atoms with van der Waals surface area (Å²) in [6.07, 6.45) is 3.92. The quantitative estimate of drug-likeness (QED) is 0.653. The second-order valence-electron chi connectivity index (χ2n) is 7.92. The predicted molar refractivity (Wildman–Crippen MR) is 112 cm³/mol. The number of anilines is 1. The van der Waals surface area contributed by atoms with Gasteiger partial charge in [0.1, 0.15) is 5.01 Å². The average molecular weight is 448 g/mol. The fraction of sp³-hybridized carbons (Fsp3) is 0.550. The minimum Gasteiger partial charge on any atom is -0.483 e. The number of carbonyl (C=O) groups excluding carboxylic acids is 1. The number of nitrogens with zero attached hydrogens (tertiary/aromatic N) is 4. The zero-order valence-corrected chi connectivity index (χ0v) is 18.2. The lowest BCUT2D eigenvalue weighted by molar-refractivity contribution is -0.122. The first-order valence-electron chi connectivity index (χ1n) is 10.1. The van der Waals surface area contributed by atoms with Crippen LogP contribution in [0.25, 0.3) is 0 Å². The van der Waals surface area contributed by atoms with Crippen LogP contribution in [0.4, 0.5) is 5.13 Å². The number of hydrogen-bond donors (Lipinski definition) is 2. The molecule has 0 radical (unpaired) electrons. The summed E-state index contributed by atoms with van der Waals surface area (Å²) >= 11 is 1.63. The second kappa shape index (κ2) is 8.75. The number of carbonyl (C=O) groups is 2. The molecule has 3 aliphatic rings. The van der Waals surface area contributed by atoms with Gasteiger partial charge >= 0.3 is 0 Å². The third kappa shape index (κ3) is 4.07. The molecule has 10 nitrogen and oxygen atoms in total. The first-order valence-corrected chi connectivity index (χ1v) is 10.9. The Labute approximate surface area is 183 Å². The normalized spacial score (nSPS) is 27.9. The number of hydrogen-bond acceptors (Lipinski definition) is 9. The molecule has 2 aromatic rings. The van der Waals surface area contributed by atoms with Crippen molar-refractivity contribution < 1.29 is 24.2 Å². The summed E-state index contributed by atoms with van der Waals surface area (Å²) in [4.78, 5) is 27.3. The predicted octanol–water partition coefficient (Wildman–Crippen LogP) is 1.36. The van der Waals surface area contributed by atoms with Crippen LogP contribution in [-0.4, -0.2) is 71.1 Å². The van der Waals surface area contributed by atoms with E-state index < -0.39 is 0 Å². The summed E-state index contributed by atoms with van der Waals surface area (Å²) in [5.41, 5.74) is 0.443. The fourth-order valence-corrected chi connectivity index (χ4v) is 5.67.